The smallest absolute Gasteiger partial charge is 0.0310 e. The molecule has 0 aromatic carbocycles. The van der Waals surface area contributed by atoms with Crippen molar-refractivity contribution < 1.29 is 0 Å². The van der Waals surface area contributed by atoms with Crippen molar-refractivity contribution in [1.82, 2.24) is 9.88 Å². The van der Waals surface area contributed by atoms with Gasteiger partial charge in [-0.1, -0.05) is 20.8 Å². The Bertz CT molecular complexity index is 355. The number of hydrogen-bond acceptors (Lipinski definition) is 2. The fourth-order valence-electron chi connectivity index (χ4n) is 1.56. The van der Waals surface area contributed by atoms with Gasteiger partial charge in [-0.05, 0) is 32.4 Å². The van der Waals surface area contributed by atoms with Crippen molar-refractivity contribution in [2.75, 3.05) is 5.75 Å². The number of nitrogens with one attached hydrogen (secondary N) is 1. The van der Waals surface area contributed by atoms with Crippen LogP contribution < -0.4 is 5.32 Å². The largest absolute Gasteiger partial charge is 0.353 e. The van der Waals surface area contributed by atoms with E-state index < -0.39 is 0 Å². The van der Waals surface area contributed by atoms with Crippen LogP contribution >= 0.6 is 11.8 Å². The topological polar surface area (TPSA) is 17.0 Å². The number of rotatable bonds is 5. The molecule has 0 amide bonds. The minimum Gasteiger partial charge on any atom is -0.353 e. The maximum atomic E-state index is 3.51. The van der Waals surface area contributed by atoms with Gasteiger partial charge in [0.2, 0.25) is 0 Å². The third-order valence-corrected chi connectivity index (χ3v) is 3.77. The highest BCUT2D eigenvalue weighted by molar-refractivity contribution is 8.00. The molecule has 0 aliphatic heterocycles. The number of hydrogen-bond donors (Lipinski definition) is 1. The van der Waals surface area contributed by atoms with Crippen molar-refractivity contribution in [2.45, 2.75) is 64.9 Å². The van der Waals surface area contributed by atoms with Crippen LogP contribution in [0.2, 0.25) is 0 Å². The lowest BCUT2D eigenvalue weighted by molar-refractivity contribution is 0.424. The van der Waals surface area contributed by atoms with Gasteiger partial charge in [0, 0.05) is 41.5 Å². The predicted octanol–water partition coefficient (Wildman–Crippen LogP) is 3.91. The van der Waals surface area contributed by atoms with E-state index in [0.717, 1.165) is 13.1 Å². The third-order valence-electron chi connectivity index (χ3n) is 2.52. The summed E-state index contributed by atoms with van der Waals surface area (Å²) in [4.78, 5) is 0. The number of nitrogens with zero attached hydrogens (tertiary/aromatic N) is 1. The Hall–Kier alpha value is -0.410. The highest BCUT2D eigenvalue weighted by Crippen LogP contribution is 2.23. The summed E-state index contributed by atoms with van der Waals surface area (Å²) in [6.45, 7) is 15.4. The third kappa shape index (κ3) is 7.12. The SMILES string of the molecule is CC(C)(C)NCc1ccn(CCSC(C)(C)C)c1. The van der Waals surface area contributed by atoms with Gasteiger partial charge < -0.3 is 9.88 Å². The van der Waals surface area contributed by atoms with Gasteiger partial charge in [0.15, 0.2) is 0 Å². The van der Waals surface area contributed by atoms with Crippen molar-refractivity contribution in [2.24, 2.45) is 0 Å². The zero-order valence-corrected chi connectivity index (χ0v) is 13.5. The lowest BCUT2D eigenvalue weighted by atomic mass is 10.1. The summed E-state index contributed by atoms with van der Waals surface area (Å²) < 4.78 is 2.65. The summed E-state index contributed by atoms with van der Waals surface area (Å²) >= 11 is 2.02. The first-order chi connectivity index (χ1) is 8.16. The van der Waals surface area contributed by atoms with Gasteiger partial charge in [0.1, 0.15) is 0 Å². The first kappa shape index (κ1) is 15.6. The van der Waals surface area contributed by atoms with Crippen LogP contribution in [0.5, 0.6) is 0 Å². The van der Waals surface area contributed by atoms with Gasteiger partial charge in [-0.3, -0.25) is 0 Å². The minimum absolute atomic E-state index is 0.185. The molecule has 1 rings (SSSR count). The zero-order chi connectivity index (χ0) is 13.8. The molecule has 0 unspecified atom stereocenters. The molecule has 0 spiro atoms. The average molecular weight is 268 g/mol. The molecule has 1 aromatic rings. The Labute approximate surface area is 117 Å². The fourth-order valence-corrected chi connectivity index (χ4v) is 2.47. The molecule has 0 radical (unpaired) electrons. The second kappa shape index (κ2) is 6.16. The predicted molar refractivity (Wildman–Crippen MR) is 83.2 cm³/mol. The second-order valence-electron chi connectivity index (χ2n) is 6.82. The molecule has 104 valence electrons. The molecule has 0 saturated carbocycles. The Kier molecular flexibility index (Phi) is 5.35. The van der Waals surface area contributed by atoms with Crippen LogP contribution in [0.25, 0.3) is 0 Å². The summed E-state index contributed by atoms with van der Waals surface area (Å²) in [5, 5.41) is 3.51. The van der Waals surface area contributed by atoms with Crippen LogP contribution in [0, 0.1) is 0 Å². The number of aromatic nitrogens is 1. The molecule has 0 fully saturated rings. The average Bonchev–Trinajstić information content (AvgIpc) is 2.60. The molecule has 0 aliphatic rings. The van der Waals surface area contributed by atoms with E-state index in [9.17, 15) is 0 Å². The van der Waals surface area contributed by atoms with Gasteiger partial charge in [0.25, 0.3) is 0 Å². The highest BCUT2D eigenvalue weighted by atomic mass is 32.2. The van der Waals surface area contributed by atoms with E-state index in [1.165, 1.54) is 11.3 Å². The van der Waals surface area contributed by atoms with E-state index >= 15 is 0 Å². The Morgan fingerprint density at radius 2 is 1.83 bits per heavy atom. The van der Waals surface area contributed by atoms with Gasteiger partial charge in [-0.2, -0.15) is 11.8 Å². The first-order valence-electron chi connectivity index (χ1n) is 6.69. The molecule has 1 aromatic heterocycles. The van der Waals surface area contributed by atoms with E-state index in [2.05, 4.69) is 69.9 Å². The van der Waals surface area contributed by atoms with E-state index in [1.807, 2.05) is 11.8 Å². The fraction of sp³-hybridized carbons (Fsp3) is 0.733. The molecule has 0 atom stereocenters. The van der Waals surface area contributed by atoms with Crippen molar-refractivity contribution in [3.05, 3.63) is 24.0 Å². The van der Waals surface area contributed by atoms with Crippen LogP contribution in [0.1, 0.15) is 47.1 Å². The van der Waals surface area contributed by atoms with E-state index in [4.69, 9.17) is 0 Å². The Balaban J connectivity index is 2.35. The highest BCUT2D eigenvalue weighted by Gasteiger charge is 2.10. The van der Waals surface area contributed by atoms with Gasteiger partial charge in [-0.15, -0.1) is 0 Å². The van der Waals surface area contributed by atoms with Crippen molar-refractivity contribution in [3.63, 3.8) is 0 Å². The summed E-state index contributed by atoms with van der Waals surface area (Å²) in [5.41, 5.74) is 1.55. The summed E-state index contributed by atoms with van der Waals surface area (Å²) in [7, 11) is 0. The molecule has 2 nitrogen and oxygen atoms in total. The van der Waals surface area contributed by atoms with Crippen molar-refractivity contribution >= 4 is 11.8 Å². The van der Waals surface area contributed by atoms with Crippen molar-refractivity contribution in [1.29, 1.82) is 0 Å². The lowest BCUT2D eigenvalue weighted by Gasteiger charge is -2.20. The van der Waals surface area contributed by atoms with E-state index in [1.54, 1.807) is 0 Å². The number of thioether (sulfide) groups is 1. The van der Waals surface area contributed by atoms with Crippen LogP contribution in [-0.2, 0) is 13.1 Å². The molecular formula is C15H28N2S. The Morgan fingerprint density at radius 3 is 2.39 bits per heavy atom. The van der Waals surface area contributed by atoms with Gasteiger partial charge in [-0.25, -0.2) is 0 Å². The van der Waals surface area contributed by atoms with Crippen LogP contribution in [-0.4, -0.2) is 20.6 Å². The molecule has 0 bridgehead atoms. The molecular weight excluding hydrogens is 240 g/mol. The molecule has 3 heteroatoms. The maximum Gasteiger partial charge on any atom is 0.0310 e. The number of aryl methyl sites for hydroxylation is 1. The maximum absolute atomic E-state index is 3.51. The minimum atomic E-state index is 0.185. The van der Waals surface area contributed by atoms with E-state index in [-0.39, 0.29) is 5.54 Å². The van der Waals surface area contributed by atoms with Crippen molar-refractivity contribution in [3.8, 4) is 0 Å². The van der Waals surface area contributed by atoms with Gasteiger partial charge >= 0.3 is 0 Å². The second-order valence-corrected chi connectivity index (χ2v) is 8.74. The zero-order valence-electron chi connectivity index (χ0n) is 12.7. The normalized spacial score (nSPS) is 13.0. The quantitative estimate of drug-likeness (QED) is 0.872. The van der Waals surface area contributed by atoms with Gasteiger partial charge in [0.05, 0.1) is 0 Å². The first-order valence-corrected chi connectivity index (χ1v) is 7.68. The van der Waals surface area contributed by atoms with Crippen LogP contribution in [0.4, 0.5) is 0 Å². The molecule has 0 aliphatic carbocycles. The lowest BCUT2D eigenvalue weighted by Crippen LogP contribution is -2.34. The standard InChI is InChI=1S/C15H28N2S/c1-14(2,3)16-11-13-7-8-17(12-13)9-10-18-15(4,5)6/h7-8,12,16H,9-11H2,1-6H3. The summed E-state index contributed by atoms with van der Waals surface area (Å²) in [6.07, 6.45) is 4.44. The monoisotopic (exact) mass is 268 g/mol. The molecule has 1 heterocycles. The van der Waals surface area contributed by atoms with Crippen LogP contribution in [0.15, 0.2) is 18.5 Å². The summed E-state index contributed by atoms with van der Waals surface area (Å²) in [6, 6.07) is 2.21. The van der Waals surface area contributed by atoms with Crippen LogP contribution in [0.3, 0.4) is 0 Å². The summed E-state index contributed by atoms with van der Waals surface area (Å²) in [5.74, 6) is 1.17. The van der Waals surface area contributed by atoms with E-state index in [0.29, 0.717) is 4.75 Å². The molecule has 0 saturated heterocycles. The Morgan fingerprint density at radius 1 is 1.17 bits per heavy atom. The molecule has 1 N–H and O–H groups in total. The molecule has 18 heavy (non-hydrogen) atoms.